The van der Waals surface area contributed by atoms with Crippen molar-refractivity contribution < 1.29 is 23.6 Å². The summed E-state index contributed by atoms with van der Waals surface area (Å²) in [4.78, 5) is 24.3. The van der Waals surface area contributed by atoms with Gasteiger partial charge in [0.05, 0.1) is 6.54 Å². The zero-order valence-corrected chi connectivity index (χ0v) is 11.1. The fraction of sp³-hybridized carbons (Fsp3) is 0.286. The van der Waals surface area contributed by atoms with Crippen LogP contribution in [-0.2, 0) is 4.79 Å². The SMILES string of the molecule is O=C(/C=C/c1ccccc1C(=O)N1CCC(F)(F)C1)NO. The van der Waals surface area contributed by atoms with Gasteiger partial charge in [0.15, 0.2) is 0 Å². The second-order valence-electron chi connectivity index (χ2n) is 4.73. The summed E-state index contributed by atoms with van der Waals surface area (Å²) in [5, 5.41) is 8.41. The zero-order valence-electron chi connectivity index (χ0n) is 11.1. The first-order valence-corrected chi connectivity index (χ1v) is 6.31. The molecular weight excluding hydrogens is 282 g/mol. The van der Waals surface area contributed by atoms with Crippen LogP contribution in [0.3, 0.4) is 0 Å². The maximum atomic E-state index is 13.2. The normalized spacial score (nSPS) is 17.2. The Morgan fingerprint density at radius 3 is 2.67 bits per heavy atom. The number of carbonyl (C=O) groups is 2. The smallest absolute Gasteiger partial charge is 0.267 e. The molecule has 1 aliphatic rings. The van der Waals surface area contributed by atoms with Crippen LogP contribution in [0.5, 0.6) is 0 Å². The van der Waals surface area contributed by atoms with Gasteiger partial charge in [0.1, 0.15) is 0 Å². The summed E-state index contributed by atoms with van der Waals surface area (Å²) in [5.74, 6) is -4.10. The summed E-state index contributed by atoms with van der Waals surface area (Å²) in [5.41, 5.74) is 2.08. The molecule has 0 atom stereocenters. The van der Waals surface area contributed by atoms with Crippen LogP contribution >= 0.6 is 0 Å². The van der Waals surface area contributed by atoms with Crippen LogP contribution in [0.25, 0.3) is 6.08 Å². The molecule has 0 unspecified atom stereocenters. The van der Waals surface area contributed by atoms with Crippen molar-refractivity contribution in [2.24, 2.45) is 0 Å². The Labute approximate surface area is 119 Å². The standard InChI is InChI=1S/C14H14F2N2O3/c15-14(16)7-8-18(9-14)13(20)11-4-2-1-3-10(11)5-6-12(19)17-21/h1-6,21H,7-9H2,(H,17,19)/b6-5+. The monoisotopic (exact) mass is 296 g/mol. The lowest BCUT2D eigenvalue weighted by Crippen LogP contribution is -2.31. The predicted molar refractivity (Wildman–Crippen MR) is 70.9 cm³/mol. The van der Waals surface area contributed by atoms with E-state index in [1.54, 1.807) is 18.2 Å². The molecule has 0 aliphatic carbocycles. The predicted octanol–water partition coefficient (Wildman–Crippen LogP) is 1.69. The summed E-state index contributed by atoms with van der Waals surface area (Å²) < 4.78 is 26.4. The van der Waals surface area contributed by atoms with E-state index in [-0.39, 0.29) is 18.5 Å². The van der Waals surface area contributed by atoms with Gasteiger partial charge in [-0.15, -0.1) is 0 Å². The Kier molecular flexibility index (Phi) is 4.32. The minimum atomic E-state index is -2.85. The van der Waals surface area contributed by atoms with Gasteiger partial charge in [-0.05, 0) is 17.7 Å². The van der Waals surface area contributed by atoms with Crippen LogP contribution in [-0.4, -0.2) is 40.9 Å². The van der Waals surface area contributed by atoms with E-state index in [1.807, 2.05) is 0 Å². The number of nitrogens with one attached hydrogen (secondary N) is 1. The topological polar surface area (TPSA) is 69.6 Å². The van der Waals surface area contributed by atoms with Crippen molar-refractivity contribution in [3.63, 3.8) is 0 Å². The summed E-state index contributed by atoms with van der Waals surface area (Å²) in [6.45, 7) is -0.595. The highest BCUT2D eigenvalue weighted by atomic mass is 19.3. The molecule has 112 valence electrons. The van der Waals surface area contributed by atoms with Crippen molar-refractivity contribution in [3.8, 4) is 0 Å². The van der Waals surface area contributed by atoms with E-state index in [2.05, 4.69) is 0 Å². The Hall–Kier alpha value is -2.28. The molecule has 0 bridgehead atoms. The molecule has 0 saturated carbocycles. The lowest BCUT2D eigenvalue weighted by molar-refractivity contribution is -0.124. The molecule has 1 aromatic carbocycles. The van der Waals surface area contributed by atoms with E-state index in [4.69, 9.17) is 5.21 Å². The molecular formula is C14H14F2N2O3. The number of rotatable bonds is 3. The Morgan fingerprint density at radius 1 is 1.33 bits per heavy atom. The van der Waals surface area contributed by atoms with E-state index in [0.717, 1.165) is 11.0 Å². The summed E-state index contributed by atoms with van der Waals surface area (Å²) in [7, 11) is 0. The second kappa shape index (κ2) is 6.01. The molecule has 2 amide bonds. The quantitative estimate of drug-likeness (QED) is 0.506. The number of nitrogens with zero attached hydrogens (tertiary/aromatic N) is 1. The molecule has 1 fully saturated rings. The van der Waals surface area contributed by atoms with E-state index >= 15 is 0 Å². The van der Waals surface area contributed by atoms with Gasteiger partial charge in [0, 0.05) is 24.6 Å². The van der Waals surface area contributed by atoms with Crippen molar-refractivity contribution in [2.75, 3.05) is 13.1 Å². The van der Waals surface area contributed by atoms with Gasteiger partial charge < -0.3 is 4.90 Å². The molecule has 7 heteroatoms. The third-order valence-electron chi connectivity index (χ3n) is 3.17. The molecule has 2 N–H and O–H groups in total. The number of likely N-dealkylation sites (tertiary alicyclic amines) is 1. The van der Waals surface area contributed by atoms with Crippen LogP contribution in [0, 0.1) is 0 Å². The number of amides is 2. The summed E-state index contributed by atoms with van der Waals surface area (Å²) >= 11 is 0. The summed E-state index contributed by atoms with van der Waals surface area (Å²) in [6.07, 6.45) is 2.04. The molecule has 0 aromatic heterocycles. The first-order valence-electron chi connectivity index (χ1n) is 6.31. The van der Waals surface area contributed by atoms with Crippen LogP contribution in [0.2, 0.25) is 0 Å². The van der Waals surface area contributed by atoms with Gasteiger partial charge >= 0.3 is 0 Å². The molecule has 5 nitrogen and oxygen atoms in total. The zero-order chi connectivity index (χ0) is 15.5. The highest BCUT2D eigenvalue weighted by molar-refractivity contribution is 5.99. The first kappa shape index (κ1) is 15.1. The second-order valence-corrected chi connectivity index (χ2v) is 4.73. The fourth-order valence-electron chi connectivity index (χ4n) is 2.12. The third kappa shape index (κ3) is 3.63. The number of benzene rings is 1. The number of carbonyl (C=O) groups excluding carboxylic acids is 2. The lowest BCUT2D eigenvalue weighted by atomic mass is 10.1. The Balaban J connectivity index is 2.22. The number of hydroxylamine groups is 1. The minimum absolute atomic E-state index is 0.00100. The first-order chi connectivity index (χ1) is 9.93. The number of hydrogen-bond donors (Lipinski definition) is 2. The number of halogens is 2. The maximum Gasteiger partial charge on any atom is 0.267 e. The molecule has 2 rings (SSSR count). The van der Waals surface area contributed by atoms with Crippen molar-refractivity contribution in [1.29, 1.82) is 0 Å². The van der Waals surface area contributed by atoms with Gasteiger partial charge in [-0.25, -0.2) is 14.3 Å². The number of hydrogen-bond acceptors (Lipinski definition) is 3. The molecule has 1 saturated heterocycles. The van der Waals surface area contributed by atoms with Gasteiger partial charge in [-0.2, -0.15) is 0 Å². The van der Waals surface area contributed by atoms with Crippen molar-refractivity contribution in [3.05, 3.63) is 41.5 Å². The van der Waals surface area contributed by atoms with Crippen LogP contribution in [0.15, 0.2) is 30.3 Å². The molecule has 0 radical (unpaired) electrons. The third-order valence-corrected chi connectivity index (χ3v) is 3.17. The van der Waals surface area contributed by atoms with Crippen LogP contribution < -0.4 is 5.48 Å². The average Bonchev–Trinajstić information content (AvgIpc) is 2.84. The maximum absolute atomic E-state index is 13.2. The van der Waals surface area contributed by atoms with E-state index in [1.165, 1.54) is 17.6 Å². The Morgan fingerprint density at radius 2 is 2.05 bits per heavy atom. The van der Waals surface area contributed by atoms with Crippen molar-refractivity contribution in [1.82, 2.24) is 10.4 Å². The van der Waals surface area contributed by atoms with Crippen molar-refractivity contribution >= 4 is 17.9 Å². The van der Waals surface area contributed by atoms with Crippen molar-refractivity contribution in [2.45, 2.75) is 12.3 Å². The minimum Gasteiger partial charge on any atom is -0.332 e. The average molecular weight is 296 g/mol. The molecule has 1 heterocycles. The van der Waals surface area contributed by atoms with E-state index < -0.39 is 24.3 Å². The van der Waals surface area contributed by atoms with Gasteiger partial charge in [-0.1, -0.05) is 18.2 Å². The fourth-order valence-corrected chi connectivity index (χ4v) is 2.12. The highest BCUT2D eigenvalue weighted by Crippen LogP contribution is 2.28. The van der Waals surface area contributed by atoms with Gasteiger partial charge in [0.25, 0.3) is 17.7 Å². The summed E-state index contributed by atoms with van der Waals surface area (Å²) in [6, 6.07) is 6.37. The molecule has 0 spiro atoms. The van der Waals surface area contributed by atoms with Gasteiger partial charge in [-0.3, -0.25) is 14.8 Å². The van der Waals surface area contributed by atoms with Crippen LogP contribution in [0.4, 0.5) is 8.78 Å². The van der Waals surface area contributed by atoms with E-state index in [9.17, 15) is 18.4 Å². The number of alkyl halides is 2. The lowest BCUT2D eigenvalue weighted by Gasteiger charge is -2.17. The van der Waals surface area contributed by atoms with E-state index in [0.29, 0.717) is 5.56 Å². The van der Waals surface area contributed by atoms with Crippen LogP contribution in [0.1, 0.15) is 22.3 Å². The Bertz CT molecular complexity index is 587. The van der Waals surface area contributed by atoms with Gasteiger partial charge in [0.2, 0.25) is 0 Å². The molecule has 1 aromatic rings. The highest BCUT2D eigenvalue weighted by Gasteiger charge is 2.40. The largest absolute Gasteiger partial charge is 0.332 e. The molecule has 1 aliphatic heterocycles. The molecule has 21 heavy (non-hydrogen) atoms.